The van der Waals surface area contributed by atoms with E-state index in [9.17, 15) is 12.8 Å². The summed E-state index contributed by atoms with van der Waals surface area (Å²) in [5.74, 6) is -0.735. The lowest BCUT2D eigenvalue weighted by Gasteiger charge is -2.35. The van der Waals surface area contributed by atoms with Crippen LogP contribution in [0, 0.1) is 19.7 Å². The van der Waals surface area contributed by atoms with Crippen LogP contribution in [0.5, 0.6) is 0 Å². The van der Waals surface area contributed by atoms with Crippen LogP contribution in [0.25, 0.3) is 0 Å². The maximum atomic E-state index is 14.2. The Balaban J connectivity index is 1.83. The number of aryl methyl sites for hydroxylation is 2. The van der Waals surface area contributed by atoms with Crippen molar-refractivity contribution >= 4 is 10.0 Å². The fraction of sp³-hybridized carbons (Fsp3) is 0.400. The van der Waals surface area contributed by atoms with Gasteiger partial charge in [0.15, 0.2) is 0 Å². The summed E-state index contributed by atoms with van der Waals surface area (Å²) in [6.07, 6.45) is 0. The molecule has 27 heavy (non-hydrogen) atoms. The van der Waals surface area contributed by atoms with Crippen LogP contribution < -0.4 is 4.72 Å². The molecule has 1 fully saturated rings. The molecular weight excluding hydrogens is 367 g/mol. The van der Waals surface area contributed by atoms with Crippen molar-refractivity contribution in [3.05, 3.63) is 65.0 Å². The van der Waals surface area contributed by atoms with E-state index in [0.29, 0.717) is 18.8 Å². The Bertz CT molecular complexity index is 896. The number of morpholine rings is 1. The molecule has 1 N–H and O–H groups in total. The molecule has 1 aliphatic rings. The van der Waals surface area contributed by atoms with E-state index in [-0.39, 0.29) is 17.5 Å². The lowest BCUT2D eigenvalue weighted by atomic mass is 10.0. The third kappa shape index (κ3) is 4.93. The average Bonchev–Trinajstić information content (AvgIpc) is 2.62. The van der Waals surface area contributed by atoms with Crippen LogP contribution in [-0.4, -0.2) is 46.2 Å². The maximum absolute atomic E-state index is 14.2. The minimum absolute atomic E-state index is 0.142. The van der Waals surface area contributed by atoms with E-state index in [2.05, 4.69) is 15.7 Å². The van der Waals surface area contributed by atoms with E-state index >= 15 is 0 Å². The van der Waals surface area contributed by atoms with Crippen LogP contribution in [0.1, 0.15) is 22.7 Å². The van der Waals surface area contributed by atoms with Gasteiger partial charge in [-0.15, -0.1) is 0 Å². The van der Waals surface area contributed by atoms with Crippen molar-refractivity contribution in [1.29, 1.82) is 0 Å². The fourth-order valence-electron chi connectivity index (χ4n) is 3.31. The Morgan fingerprint density at radius 3 is 2.48 bits per heavy atom. The standard InChI is InChI=1S/C20H25FN2O3S/c1-15-4-3-5-17(12-15)19(23-8-10-26-11-9-23)14-22-27(24,25)20-7-6-16(2)13-18(20)21/h3-7,12-13,19,22H,8-11,14H2,1-2H3. The summed E-state index contributed by atoms with van der Waals surface area (Å²) in [5.41, 5.74) is 2.82. The van der Waals surface area contributed by atoms with Crippen LogP contribution in [-0.2, 0) is 14.8 Å². The average molecular weight is 392 g/mol. The Morgan fingerprint density at radius 1 is 1.11 bits per heavy atom. The fourth-order valence-corrected chi connectivity index (χ4v) is 4.41. The Labute approximate surface area is 160 Å². The largest absolute Gasteiger partial charge is 0.379 e. The van der Waals surface area contributed by atoms with Crippen LogP contribution in [0.15, 0.2) is 47.4 Å². The van der Waals surface area contributed by atoms with Gasteiger partial charge in [0.1, 0.15) is 10.7 Å². The molecule has 1 unspecified atom stereocenters. The van der Waals surface area contributed by atoms with Crippen molar-refractivity contribution < 1.29 is 17.5 Å². The van der Waals surface area contributed by atoms with Crippen molar-refractivity contribution in [2.24, 2.45) is 0 Å². The normalized spacial score (nSPS) is 17.0. The first kappa shape index (κ1) is 19.9. The molecule has 1 atom stereocenters. The lowest BCUT2D eigenvalue weighted by Crippen LogP contribution is -2.43. The summed E-state index contributed by atoms with van der Waals surface area (Å²) in [6.45, 7) is 6.56. The molecule has 0 amide bonds. The minimum atomic E-state index is -3.94. The number of rotatable bonds is 6. The van der Waals surface area contributed by atoms with Gasteiger partial charge in [0.2, 0.25) is 10.0 Å². The highest BCUT2D eigenvalue weighted by Crippen LogP contribution is 2.23. The molecule has 0 radical (unpaired) electrons. The number of sulfonamides is 1. The van der Waals surface area contributed by atoms with Gasteiger partial charge in [-0.1, -0.05) is 35.9 Å². The molecule has 0 aliphatic carbocycles. The van der Waals surface area contributed by atoms with Gasteiger partial charge in [-0.3, -0.25) is 4.90 Å². The molecule has 3 rings (SSSR count). The van der Waals surface area contributed by atoms with Crippen molar-refractivity contribution in [3.63, 3.8) is 0 Å². The first-order valence-corrected chi connectivity index (χ1v) is 10.5. The second kappa shape index (κ2) is 8.48. The molecular formula is C20H25FN2O3S. The molecule has 7 heteroatoms. The monoisotopic (exact) mass is 392 g/mol. The lowest BCUT2D eigenvalue weighted by molar-refractivity contribution is 0.0172. The molecule has 0 aromatic heterocycles. The zero-order valence-corrected chi connectivity index (χ0v) is 16.4. The smallest absolute Gasteiger partial charge is 0.243 e. The third-order valence-corrected chi connectivity index (χ3v) is 6.21. The van der Waals surface area contributed by atoms with Gasteiger partial charge in [0, 0.05) is 25.7 Å². The number of halogens is 1. The molecule has 1 aliphatic heterocycles. The number of hydrogen-bond acceptors (Lipinski definition) is 4. The summed E-state index contributed by atoms with van der Waals surface area (Å²) < 4.78 is 47.5. The molecule has 0 saturated carbocycles. The van der Waals surface area contributed by atoms with Crippen molar-refractivity contribution in [1.82, 2.24) is 9.62 Å². The molecule has 1 saturated heterocycles. The zero-order chi connectivity index (χ0) is 19.4. The molecule has 0 spiro atoms. The first-order chi connectivity index (χ1) is 12.9. The van der Waals surface area contributed by atoms with E-state index in [0.717, 1.165) is 24.2 Å². The molecule has 2 aromatic carbocycles. The zero-order valence-electron chi connectivity index (χ0n) is 15.6. The van der Waals surface area contributed by atoms with Gasteiger partial charge in [-0.2, -0.15) is 0 Å². The van der Waals surface area contributed by atoms with Crippen LogP contribution in [0.2, 0.25) is 0 Å². The summed E-state index contributed by atoms with van der Waals surface area (Å²) in [6, 6.07) is 12.0. The SMILES string of the molecule is Cc1cccc(C(CNS(=O)(=O)c2ccc(C)cc2F)N2CCOCC2)c1. The number of nitrogens with zero attached hydrogens (tertiary/aromatic N) is 1. The Hall–Kier alpha value is -1.80. The van der Waals surface area contributed by atoms with E-state index in [4.69, 9.17) is 4.74 Å². The minimum Gasteiger partial charge on any atom is -0.379 e. The van der Waals surface area contributed by atoms with Gasteiger partial charge in [-0.05, 0) is 37.1 Å². The second-order valence-electron chi connectivity index (χ2n) is 6.86. The molecule has 5 nitrogen and oxygen atoms in total. The molecule has 1 heterocycles. The van der Waals surface area contributed by atoms with Crippen LogP contribution in [0.3, 0.4) is 0 Å². The highest BCUT2D eigenvalue weighted by molar-refractivity contribution is 7.89. The predicted octanol–water partition coefficient (Wildman–Crippen LogP) is 2.79. The number of nitrogens with one attached hydrogen (secondary N) is 1. The summed E-state index contributed by atoms with van der Waals surface area (Å²) >= 11 is 0. The van der Waals surface area contributed by atoms with E-state index in [1.165, 1.54) is 12.1 Å². The number of benzene rings is 2. The topological polar surface area (TPSA) is 58.6 Å². The van der Waals surface area contributed by atoms with Gasteiger partial charge in [0.25, 0.3) is 0 Å². The third-order valence-electron chi connectivity index (χ3n) is 4.76. The summed E-state index contributed by atoms with van der Waals surface area (Å²) in [7, 11) is -3.94. The van der Waals surface area contributed by atoms with Crippen LogP contribution >= 0.6 is 0 Å². The predicted molar refractivity (Wildman–Crippen MR) is 103 cm³/mol. The first-order valence-electron chi connectivity index (χ1n) is 9.01. The maximum Gasteiger partial charge on any atom is 0.243 e. The highest BCUT2D eigenvalue weighted by Gasteiger charge is 2.26. The Morgan fingerprint density at radius 2 is 1.81 bits per heavy atom. The Kier molecular flexibility index (Phi) is 6.26. The number of hydrogen-bond donors (Lipinski definition) is 1. The highest BCUT2D eigenvalue weighted by atomic mass is 32.2. The summed E-state index contributed by atoms with van der Waals surface area (Å²) in [4.78, 5) is 1.88. The van der Waals surface area contributed by atoms with Crippen molar-refractivity contribution in [3.8, 4) is 0 Å². The van der Waals surface area contributed by atoms with Gasteiger partial charge >= 0.3 is 0 Å². The van der Waals surface area contributed by atoms with Gasteiger partial charge in [0.05, 0.1) is 13.2 Å². The van der Waals surface area contributed by atoms with Crippen molar-refractivity contribution in [2.75, 3.05) is 32.8 Å². The van der Waals surface area contributed by atoms with Gasteiger partial charge < -0.3 is 4.74 Å². The number of ether oxygens (including phenoxy) is 1. The molecule has 146 valence electrons. The van der Waals surface area contributed by atoms with Crippen LogP contribution in [0.4, 0.5) is 4.39 Å². The summed E-state index contributed by atoms with van der Waals surface area (Å²) in [5, 5.41) is 0. The second-order valence-corrected chi connectivity index (χ2v) is 8.60. The van der Waals surface area contributed by atoms with E-state index < -0.39 is 15.8 Å². The molecule has 2 aromatic rings. The van der Waals surface area contributed by atoms with Crippen molar-refractivity contribution in [2.45, 2.75) is 24.8 Å². The van der Waals surface area contributed by atoms with E-state index in [1.807, 2.05) is 25.1 Å². The molecule has 0 bridgehead atoms. The van der Waals surface area contributed by atoms with Gasteiger partial charge in [-0.25, -0.2) is 17.5 Å². The van der Waals surface area contributed by atoms with E-state index in [1.54, 1.807) is 13.0 Å². The quantitative estimate of drug-likeness (QED) is 0.821.